The number of fused-ring (bicyclic) bond motifs is 2. The highest BCUT2D eigenvalue weighted by atomic mass is 32.2. The second-order valence-corrected chi connectivity index (χ2v) is 9.69. The first kappa shape index (κ1) is 19.3. The van der Waals surface area contributed by atoms with Gasteiger partial charge in [-0.15, -0.1) is 0 Å². The maximum absolute atomic E-state index is 13.9. The summed E-state index contributed by atoms with van der Waals surface area (Å²) in [6.45, 7) is 0.844. The van der Waals surface area contributed by atoms with Crippen LogP contribution in [0.2, 0.25) is 0 Å². The van der Waals surface area contributed by atoms with Crippen LogP contribution in [0.5, 0.6) is 0 Å². The van der Waals surface area contributed by atoms with Crippen molar-refractivity contribution >= 4 is 31.7 Å². The average Bonchev–Trinajstić information content (AvgIpc) is 2.93. The van der Waals surface area contributed by atoms with E-state index in [9.17, 15) is 12.8 Å². The zero-order chi connectivity index (χ0) is 20.7. The molecule has 2 heterocycles. The number of nitrogens with zero attached hydrogens (tertiary/aromatic N) is 1. The lowest BCUT2D eigenvalue weighted by atomic mass is 10.1. The van der Waals surface area contributed by atoms with E-state index in [2.05, 4.69) is 5.32 Å². The van der Waals surface area contributed by atoms with Gasteiger partial charge in [0.2, 0.25) is 0 Å². The van der Waals surface area contributed by atoms with Gasteiger partial charge in [0.15, 0.2) is 0 Å². The molecular weight excluding hydrogens is 399 g/mol. The number of hydrogen-bond acceptors (Lipinski definition) is 3. The Hall–Kier alpha value is -2.70. The molecule has 1 fully saturated rings. The molecule has 0 saturated carbocycles. The lowest BCUT2D eigenvalue weighted by molar-refractivity contribution is 0.514. The molecule has 0 bridgehead atoms. The summed E-state index contributed by atoms with van der Waals surface area (Å²) in [5.41, 5.74) is 1.18. The first-order valence-corrected chi connectivity index (χ1v) is 11.8. The molecular formula is C24H23FN2O2S. The highest BCUT2D eigenvalue weighted by molar-refractivity contribution is 7.90. The van der Waals surface area contributed by atoms with Crippen molar-refractivity contribution in [3.8, 4) is 0 Å². The standard InChI is InChI=1S/C24H23FN2O2S/c25-20-10-12-23-19(14-20)16-24(22-8-2-1-5-13-26-22)27(23)30(28,29)21-11-9-17-6-3-4-7-18(17)15-21/h3-4,6-7,9-12,14-16,22,26H,1-2,5,8,13H2. The molecule has 5 rings (SSSR count). The number of nitrogens with one attached hydrogen (secondary N) is 1. The molecule has 1 aliphatic rings. The Bertz CT molecular complexity index is 1340. The largest absolute Gasteiger partial charge is 0.309 e. The summed E-state index contributed by atoms with van der Waals surface area (Å²) in [4.78, 5) is 0.234. The number of halogens is 1. The fourth-order valence-electron chi connectivity index (χ4n) is 4.41. The van der Waals surface area contributed by atoms with E-state index in [4.69, 9.17) is 0 Å². The van der Waals surface area contributed by atoms with Gasteiger partial charge in [-0.3, -0.25) is 0 Å². The second kappa shape index (κ2) is 7.52. The van der Waals surface area contributed by atoms with Crippen LogP contribution in [0.3, 0.4) is 0 Å². The van der Waals surface area contributed by atoms with Crippen molar-refractivity contribution in [1.82, 2.24) is 9.29 Å². The Morgan fingerprint density at radius 3 is 2.57 bits per heavy atom. The highest BCUT2D eigenvalue weighted by Crippen LogP contribution is 2.33. The monoisotopic (exact) mass is 422 g/mol. The Balaban J connectivity index is 1.73. The summed E-state index contributed by atoms with van der Waals surface area (Å²) < 4.78 is 43.0. The van der Waals surface area contributed by atoms with Crippen LogP contribution in [-0.4, -0.2) is 18.9 Å². The molecule has 1 unspecified atom stereocenters. The quantitative estimate of drug-likeness (QED) is 0.483. The van der Waals surface area contributed by atoms with E-state index in [-0.39, 0.29) is 16.8 Å². The van der Waals surface area contributed by atoms with Gasteiger partial charge in [0, 0.05) is 11.4 Å². The summed E-state index contributed by atoms with van der Waals surface area (Å²) in [6, 6.07) is 18.9. The topological polar surface area (TPSA) is 51.1 Å². The molecule has 1 saturated heterocycles. The van der Waals surface area contributed by atoms with E-state index in [0.717, 1.165) is 43.0 Å². The van der Waals surface area contributed by atoms with Gasteiger partial charge in [-0.25, -0.2) is 16.8 Å². The van der Waals surface area contributed by atoms with Crippen molar-refractivity contribution in [2.75, 3.05) is 6.54 Å². The van der Waals surface area contributed by atoms with E-state index in [1.54, 1.807) is 18.2 Å². The maximum Gasteiger partial charge on any atom is 0.268 e. The van der Waals surface area contributed by atoms with Crippen LogP contribution in [0.4, 0.5) is 4.39 Å². The van der Waals surface area contributed by atoms with Crippen molar-refractivity contribution in [3.63, 3.8) is 0 Å². The third-order valence-electron chi connectivity index (χ3n) is 5.92. The van der Waals surface area contributed by atoms with Gasteiger partial charge in [-0.05, 0) is 66.6 Å². The number of rotatable bonds is 3. The van der Waals surface area contributed by atoms with Gasteiger partial charge in [0.1, 0.15) is 5.82 Å². The molecule has 1 aromatic heterocycles. The van der Waals surface area contributed by atoms with Crippen LogP contribution in [-0.2, 0) is 10.0 Å². The van der Waals surface area contributed by atoms with Gasteiger partial charge in [-0.1, -0.05) is 43.2 Å². The Morgan fingerprint density at radius 2 is 1.70 bits per heavy atom. The third-order valence-corrected chi connectivity index (χ3v) is 7.66. The van der Waals surface area contributed by atoms with Crippen molar-refractivity contribution in [2.24, 2.45) is 0 Å². The summed E-state index contributed by atoms with van der Waals surface area (Å²) in [5.74, 6) is -0.372. The number of aromatic nitrogens is 1. The van der Waals surface area contributed by atoms with Crippen LogP contribution < -0.4 is 5.32 Å². The zero-order valence-corrected chi connectivity index (χ0v) is 17.3. The molecule has 1 atom stereocenters. The van der Waals surface area contributed by atoms with Crippen LogP contribution in [0.15, 0.2) is 71.6 Å². The predicted octanol–water partition coefficient (Wildman–Crippen LogP) is 5.38. The molecule has 1 aliphatic heterocycles. The molecule has 154 valence electrons. The van der Waals surface area contributed by atoms with Crippen LogP contribution in [0.25, 0.3) is 21.7 Å². The molecule has 4 nitrogen and oxygen atoms in total. The fourth-order valence-corrected chi connectivity index (χ4v) is 6.02. The number of hydrogen-bond donors (Lipinski definition) is 1. The smallest absolute Gasteiger partial charge is 0.268 e. The zero-order valence-electron chi connectivity index (χ0n) is 16.5. The van der Waals surface area contributed by atoms with Gasteiger partial charge in [0.25, 0.3) is 10.0 Å². The Kier molecular flexibility index (Phi) is 4.83. The molecule has 4 aromatic rings. The SMILES string of the molecule is O=S(=O)(c1ccc2ccccc2c1)n1c(C2CCCCCN2)cc2cc(F)ccc21. The van der Waals surface area contributed by atoms with E-state index in [1.165, 1.54) is 16.1 Å². The van der Waals surface area contributed by atoms with Gasteiger partial charge < -0.3 is 5.32 Å². The highest BCUT2D eigenvalue weighted by Gasteiger charge is 2.28. The minimum Gasteiger partial charge on any atom is -0.309 e. The summed E-state index contributed by atoms with van der Waals surface area (Å²) >= 11 is 0. The predicted molar refractivity (Wildman–Crippen MR) is 118 cm³/mol. The van der Waals surface area contributed by atoms with E-state index in [0.29, 0.717) is 16.6 Å². The van der Waals surface area contributed by atoms with Gasteiger partial charge in [0.05, 0.1) is 16.1 Å². The molecule has 3 aromatic carbocycles. The van der Waals surface area contributed by atoms with E-state index in [1.807, 2.05) is 36.4 Å². The van der Waals surface area contributed by atoms with Crippen molar-refractivity contribution < 1.29 is 12.8 Å². The van der Waals surface area contributed by atoms with E-state index < -0.39 is 10.0 Å². The third kappa shape index (κ3) is 3.30. The van der Waals surface area contributed by atoms with Crippen LogP contribution in [0, 0.1) is 5.82 Å². The van der Waals surface area contributed by atoms with Crippen molar-refractivity contribution in [2.45, 2.75) is 36.6 Å². The number of benzene rings is 3. The summed E-state index contributed by atoms with van der Waals surface area (Å²) in [5, 5.41) is 5.94. The second-order valence-electron chi connectivity index (χ2n) is 7.91. The molecule has 0 amide bonds. The molecule has 0 spiro atoms. The minimum absolute atomic E-state index is 0.0850. The van der Waals surface area contributed by atoms with Crippen LogP contribution >= 0.6 is 0 Å². The van der Waals surface area contributed by atoms with Crippen LogP contribution in [0.1, 0.15) is 37.4 Å². The normalized spacial score (nSPS) is 18.0. The first-order valence-electron chi connectivity index (χ1n) is 10.3. The molecule has 0 aliphatic carbocycles. The van der Waals surface area contributed by atoms with Crippen molar-refractivity contribution in [1.29, 1.82) is 0 Å². The molecule has 1 N–H and O–H groups in total. The van der Waals surface area contributed by atoms with Gasteiger partial charge in [-0.2, -0.15) is 0 Å². The summed E-state index contributed by atoms with van der Waals surface area (Å²) in [7, 11) is -3.86. The van der Waals surface area contributed by atoms with Crippen molar-refractivity contribution in [3.05, 3.63) is 78.2 Å². The maximum atomic E-state index is 13.9. The fraction of sp³-hybridized carbons (Fsp3) is 0.250. The minimum atomic E-state index is -3.86. The molecule has 30 heavy (non-hydrogen) atoms. The Morgan fingerprint density at radius 1 is 0.867 bits per heavy atom. The Labute approximate surface area is 175 Å². The molecule has 0 radical (unpaired) electrons. The molecule has 6 heteroatoms. The summed E-state index contributed by atoms with van der Waals surface area (Å²) in [6.07, 6.45) is 4.08. The average molecular weight is 423 g/mol. The van der Waals surface area contributed by atoms with Gasteiger partial charge >= 0.3 is 0 Å². The van der Waals surface area contributed by atoms with E-state index >= 15 is 0 Å². The first-order chi connectivity index (χ1) is 14.5. The lowest BCUT2D eigenvalue weighted by Gasteiger charge is -2.20. The lowest BCUT2D eigenvalue weighted by Crippen LogP contribution is -2.25.